The van der Waals surface area contributed by atoms with E-state index >= 15 is 0 Å². The van der Waals surface area contributed by atoms with Gasteiger partial charge in [0.05, 0.1) is 22.1 Å². The first kappa shape index (κ1) is 25.3. The van der Waals surface area contributed by atoms with Crippen LogP contribution in [-0.2, 0) is 6.54 Å². The minimum Gasteiger partial charge on any atom is -0.478 e. The minimum atomic E-state index is -4.27. The van der Waals surface area contributed by atoms with Crippen molar-refractivity contribution in [1.29, 1.82) is 0 Å². The summed E-state index contributed by atoms with van der Waals surface area (Å²) in [6.07, 6.45) is -4.00. The fourth-order valence-electron chi connectivity index (χ4n) is 4.42. The van der Waals surface area contributed by atoms with Crippen molar-refractivity contribution in [2.24, 2.45) is 5.92 Å². The molecule has 1 fully saturated rings. The Morgan fingerprint density at radius 2 is 1.68 bits per heavy atom. The van der Waals surface area contributed by atoms with E-state index in [1.807, 2.05) is 0 Å². The third kappa shape index (κ3) is 5.57. The number of alkyl halides is 3. The van der Waals surface area contributed by atoms with E-state index in [-0.39, 0.29) is 55.2 Å². The second-order valence-electron chi connectivity index (χ2n) is 8.56. The maximum atomic E-state index is 13.2. The lowest BCUT2D eigenvalue weighted by molar-refractivity contribution is -0.384. The van der Waals surface area contributed by atoms with Gasteiger partial charge in [0.2, 0.25) is 0 Å². The summed E-state index contributed by atoms with van der Waals surface area (Å²) in [5, 5.41) is 21.4. The van der Waals surface area contributed by atoms with Gasteiger partial charge in [-0.25, -0.2) is 9.18 Å². The third-order valence-electron chi connectivity index (χ3n) is 6.35. The molecule has 184 valence electrons. The summed E-state index contributed by atoms with van der Waals surface area (Å²) in [6, 6.07) is 7.64. The van der Waals surface area contributed by atoms with Crippen molar-refractivity contribution in [1.82, 2.24) is 0 Å². The lowest BCUT2D eigenvalue weighted by Crippen LogP contribution is -2.38. The summed E-state index contributed by atoms with van der Waals surface area (Å²) in [5.41, 5.74) is 0.310. The van der Waals surface area contributed by atoms with Gasteiger partial charge in [-0.1, -0.05) is 12.1 Å². The van der Waals surface area contributed by atoms with Crippen molar-refractivity contribution in [3.05, 3.63) is 63.5 Å². The van der Waals surface area contributed by atoms with Crippen LogP contribution in [0.25, 0.3) is 0 Å². The zero-order valence-electron chi connectivity index (χ0n) is 18.7. The number of carboxylic acids is 1. The average molecular weight is 483 g/mol. The molecule has 1 aliphatic carbocycles. The van der Waals surface area contributed by atoms with Gasteiger partial charge < -0.3 is 14.9 Å². The van der Waals surface area contributed by atoms with Crippen molar-refractivity contribution in [2.45, 2.75) is 44.4 Å². The van der Waals surface area contributed by atoms with Crippen LogP contribution < -0.4 is 9.80 Å². The molecule has 0 amide bonds. The zero-order valence-corrected chi connectivity index (χ0v) is 18.7. The van der Waals surface area contributed by atoms with Crippen LogP contribution in [-0.4, -0.2) is 42.3 Å². The molecular formula is C23H25F4N3O4. The van der Waals surface area contributed by atoms with Crippen LogP contribution in [0, 0.1) is 21.8 Å². The standard InChI is InChI=1S/C23H25F4N3O4/c1-28(13-14-3-7-16(24)8-4-14)19-12-20(21(30(33)34)11-18(19)22(31)32)29(2)17-9-5-15(6-10-17)23(25,26)27/h3-4,7-8,11-12,15,17H,5-6,9-10,13H2,1-2H3,(H,31,32). The highest BCUT2D eigenvalue weighted by Crippen LogP contribution is 2.42. The molecule has 1 saturated carbocycles. The van der Waals surface area contributed by atoms with E-state index in [0.717, 1.165) is 6.07 Å². The van der Waals surface area contributed by atoms with Crippen LogP contribution in [0.4, 0.5) is 34.6 Å². The second-order valence-corrected chi connectivity index (χ2v) is 8.56. The van der Waals surface area contributed by atoms with Crippen molar-refractivity contribution >= 4 is 23.0 Å². The summed E-state index contributed by atoms with van der Waals surface area (Å²) in [6.45, 7) is 0.207. The Kier molecular flexibility index (Phi) is 7.32. The normalized spacial score (nSPS) is 18.4. The first-order valence-corrected chi connectivity index (χ1v) is 10.7. The number of nitrogens with zero attached hydrogens (tertiary/aromatic N) is 3. The van der Waals surface area contributed by atoms with Crippen molar-refractivity contribution in [3.8, 4) is 0 Å². The first-order valence-electron chi connectivity index (χ1n) is 10.7. The average Bonchev–Trinajstić information content (AvgIpc) is 2.78. The zero-order chi connectivity index (χ0) is 25.2. The molecule has 0 unspecified atom stereocenters. The van der Waals surface area contributed by atoms with Crippen molar-refractivity contribution < 1.29 is 32.4 Å². The topological polar surface area (TPSA) is 86.9 Å². The van der Waals surface area contributed by atoms with Crippen LogP contribution in [0.3, 0.4) is 0 Å². The number of nitro groups is 1. The molecule has 3 rings (SSSR count). The predicted octanol–water partition coefficient (Wildman–Crippen LogP) is 5.63. The number of rotatable bonds is 7. The number of nitro benzene ring substituents is 1. The summed E-state index contributed by atoms with van der Waals surface area (Å²) < 4.78 is 52.3. The number of benzene rings is 2. The third-order valence-corrected chi connectivity index (χ3v) is 6.35. The van der Waals surface area contributed by atoms with E-state index < -0.39 is 34.5 Å². The molecule has 0 aromatic heterocycles. The van der Waals surface area contributed by atoms with Gasteiger partial charge in [0, 0.05) is 32.7 Å². The Labute approximate surface area is 193 Å². The molecule has 0 spiro atoms. The molecule has 0 atom stereocenters. The molecule has 11 heteroatoms. The summed E-state index contributed by atoms with van der Waals surface area (Å²) in [7, 11) is 3.18. The van der Waals surface area contributed by atoms with Gasteiger partial charge in [0.15, 0.2) is 0 Å². The molecular weight excluding hydrogens is 458 g/mol. The van der Waals surface area contributed by atoms with Crippen LogP contribution >= 0.6 is 0 Å². The Hall–Kier alpha value is -3.37. The number of anilines is 2. The van der Waals surface area contributed by atoms with Gasteiger partial charge in [-0.05, 0) is 49.4 Å². The molecule has 0 bridgehead atoms. The van der Waals surface area contributed by atoms with Gasteiger partial charge in [-0.3, -0.25) is 10.1 Å². The second kappa shape index (κ2) is 9.86. The summed E-state index contributed by atoms with van der Waals surface area (Å²) >= 11 is 0. The maximum absolute atomic E-state index is 13.2. The maximum Gasteiger partial charge on any atom is 0.391 e. The number of aromatic carboxylic acids is 1. The first-order chi connectivity index (χ1) is 15.9. The molecule has 7 nitrogen and oxygen atoms in total. The van der Waals surface area contributed by atoms with Gasteiger partial charge in [-0.2, -0.15) is 13.2 Å². The number of carbonyl (C=O) groups is 1. The largest absolute Gasteiger partial charge is 0.478 e. The van der Waals surface area contributed by atoms with Crippen molar-refractivity contribution in [3.63, 3.8) is 0 Å². The van der Waals surface area contributed by atoms with Gasteiger partial charge in [0.25, 0.3) is 5.69 Å². The molecule has 1 aliphatic rings. The molecule has 0 heterocycles. The monoisotopic (exact) mass is 483 g/mol. The lowest BCUT2D eigenvalue weighted by Gasteiger charge is -2.36. The van der Waals surface area contributed by atoms with Gasteiger partial charge >= 0.3 is 12.1 Å². The SMILES string of the molecule is CN(Cc1ccc(F)cc1)c1cc(N(C)C2CCC(C(F)(F)F)CC2)c([N+](=O)[O-])cc1C(=O)O. The van der Waals surface area contributed by atoms with Crippen molar-refractivity contribution in [2.75, 3.05) is 23.9 Å². The Bertz CT molecular complexity index is 1050. The predicted molar refractivity (Wildman–Crippen MR) is 119 cm³/mol. The van der Waals surface area contributed by atoms with E-state index in [1.54, 1.807) is 36.0 Å². The van der Waals surface area contributed by atoms with E-state index in [4.69, 9.17) is 0 Å². The summed E-state index contributed by atoms with van der Waals surface area (Å²) in [4.78, 5) is 26.1. The number of hydrogen-bond acceptors (Lipinski definition) is 5. The van der Waals surface area contributed by atoms with Crippen LogP contribution in [0.1, 0.15) is 41.6 Å². The van der Waals surface area contributed by atoms with E-state index in [0.29, 0.717) is 5.56 Å². The smallest absolute Gasteiger partial charge is 0.391 e. The molecule has 0 radical (unpaired) electrons. The Balaban J connectivity index is 1.95. The van der Waals surface area contributed by atoms with Crippen LogP contribution in [0.5, 0.6) is 0 Å². The highest BCUT2D eigenvalue weighted by atomic mass is 19.4. The number of halogens is 4. The molecule has 2 aromatic rings. The Morgan fingerprint density at radius 3 is 2.18 bits per heavy atom. The van der Waals surface area contributed by atoms with Gasteiger partial charge in [-0.15, -0.1) is 0 Å². The van der Waals surface area contributed by atoms with E-state index in [2.05, 4.69) is 0 Å². The number of carboxylic acid groups (broad SMARTS) is 1. The van der Waals surface area contributed by atoms with Gasteiger partial charge in [0.1, 0.15) is 11.5 Å². The Morgan fingerprint density at radius 1 is 1.09 bits per heavy atom. The van der Waals surface area contributed by atoms with E-state index in [9.17, 15) is 37.6 Å². The summed E-state index contributed by atoms with van der Waals surface area (Å²) in [5.74, 6) is -3.17. The fourth-order valence-corrected chi connectivity index (χ4v) is 4.42. The molecule has 34 heavy (non-hydrogen) atoms. The van der Waals surface area contributed by atoms with Crippen LogP contribution in [0.2, 0.25) is 0 Å². The lowest BCUT2D eigenvalue weighted by atomic mass is 9.85. The fraction of sp³-hybridized carbons (Fsp3) is 0.435. The van der Waals surface area contributed by atoms with E-state index in [1.165, 1.54) is 18.2 Å². The molecule has 0 saturated heterocycles. The molecule has 2 aromatic carbocycles. The highest BCUT2D eigenvalue weighted by Gasteiger charge is 2.42. The molecule has 0 aliphatic heterocycles. The quantitative estimate of drug-likeness (QED) is 0.312. The van der Waals surface area contributed by atoms with Crippen LogP contribution in [0.15, 0.2) is 36.4 Å². The minimum absolute atomic E-state index is 0.0726. The molecule has 1 N–H and O–H groups in total. The number of hydrogen-bond donors (Lipinski definition) is 1. The highest BCUT2D eigenvalue weighted by molar-refractivity contribution is 5.97.